The number of halogens is 1. The van der Waals surface area contributed by atoms with E-state index in [1.807, 2.05) is 36.4 Å². The number of hydrogen-bond acceptors (Lipinski definition) is 1. The molecule has 0 radical (unpaired) electrons. The molecule has 1 aliphatic rings. The van der Waals surface area contributed by atoms with E-state index in [0.29, 0.717) is 24.3 Å². The van der Waals surface area contributed by atoms with Crippen molar-refractivity contribution in [3.8, 4) is 5.75 Å². The monoisotopic (exact) mass is 442 g/mol. The van der Waals surface area contributed by atoms with E-state index < -0.39 is 0 Å². The van der Waals surface area contributed by atoms with Crippen molar-refractivity contribution in [1.29, 1.82) is 0 Å². The second-order valence-corrected chi connectivity index (χ2v) is 9.35. The first-order valence-corrected chi connectivity index (χ1v) is 12.3. The molecule has 0 aromatic heterocycles. The van der Waals surface area contributed by atoms with Crippen LogP contribution in [0.4, 0.5) is 4.39 Å². The summed E-state index contributed by atoms with van der Waals surface area (Å²) in [5.41, 5.74) is 3.50. The molecule has 1 aliphatic carbocycles. The van der Waals surface area contributed by atoms with Gasteiger partial charge in [-0.3, -0.25) is 0 Å². The lowest BCUT2D eigenvalue weighted by Crippen LogP contribution is -2.13. The molecule has 0 heterocycles. The Labute approximate surface area is 198 Å². The zero-order valence-corrected chi connectivity index (χ0v) is 19.6. The Bertz CT molecular complexity index is 1070. The molecule has 0 bridgehead atoms. The third-order valence-electron chi connectivity index (χ3n) is 7.13. The molecular formula is C31H35FO. The Morgan fingerprint density at radius 2 is 1.67 bits per heavy atom. The van der Waals surface area contributed by atoms with E-state index >= 15 is 4.39 Å². The largest absolute Gasteiger partial charge is 0.490 e. The Balaban J connectivity index is 1.35. The van der Waals surface area contributed by atoms with Crippen molar-refractivity contribution in [2.45, 2.75) is 57.3 Å². The number of allylic oxidation sites excluding steroid dienone is 1. The summed E-state index contributed by atoms with van der Waals surface area (Å²) in [6, 6.07) is 18.5. The van der Waals surface area contributed by atoms with Crippen LogP contribution in [0.1, 0.15) is 61.1 Å². The molecule has 33 heavy (non-hydrogen) atoms. The van der Waals surface area contributed by atoms with Crippen molar-refractivity contribution < 1.29 is 9.13 Å². The van der Waals surface area contributed by atoms with Gasteiger partial charge in [-0.25, -0.2) is 4.39 Å². The van der Waals surface area contributed by atoms with Crippen LogP contribution in [0.25, 0.3) is 10.8 Å². The smallest absolute Gasteiger partial charge is 0.134 e. The molecule has 0 aliphatic heterocycles. The topological polar surface area (TPSA) is 9.23 Å². The van der Waals surface area contributed by atoms with Gasteiger partial charge in [-0.15, -0.1) is 6.58 Å². The zero-order valence-electron chi connectivity index (χ0n) is 19.6. The predicted octanol–water partition coefficient (Wildman–Crippen LogP) is 8.57. The summed E-state index contributed by atoms with van der Waals surface area (Å²) < 4.78 is 20.7. The molecule has 0 spiro atoms. The van der Waals surface area contributed by atoms with Gasteiger partial charge in [0.25, 0.3) is 0 Å². The van der Waals surface area contributed by atoms with Gasteiger partial charge in [0.15, 0.2) is 0 Å². The third-order valence-corrected chi connectivity index (χ3v) is 7.13. The summed E-state index contributed by atoms with van der Waals surface area (Å²) in [6.07, 6.45) is 13.0. The lowest BCUT2D eigenvalue weighted by Gasteiger charge is -2.28. The molecule has 0 amide bonds. The van der Waals surface area contributed by atoms with Crippen LogP contribution in [0.2, 0.25) is 0 Å². The van der Waals surface area contributed by atoms with Crippen LogP contribution < -0.4 is 4.74 Å². The molecule has 0 N–H and O–H groups in total. The van der Waals surface area contributed by atoms with Crippen molar-refractivity contribution in [1.82, 2.24) is 0 Å². The van der Waals surface area contributed by atoms with Gasteiger partial charge in [0.2, 0.25) is 0 Å². The molecule has 1 nitrogen and oxygen atoms in total. The molecule has 1 fully saturated rings. The van der Waals surface area contributed by atoms with Gasteiger partial charge in [0.05, 0.1) is 0 Å². The van der Waals surface area contributed by atoms with Crippen LogP contribution in [0.3, 0.4) is 0 Å². The van der Waals surface area contributed by atoms with Crippen molar-refractivity contribution in [2.24, 2.45) is 5.92 Å². The van der Waals surface area contributed by atoms with Crippen LogP contribution >= 0.6 is 0 Å². The summed E-state index contributed by atoms with van der Waals surface area (Å²) in [6.45, 7) is 7.96. The number of rotatable bonds is 10. The quantitative estimate of drug-likeness (QED) is 0.286. The van der Waals surface area contributed by atoms with E-state index in [-0.39, 0.29) is 5.82 Å². The number of fused-ring (bicyclic) bond motifs is 1. The molecule has 1 saturated carbocycles. The van der Waals surface area contributed by atoms with E-state index in [9.17, 15) is 0 Å². The Morgan fingerprint density at radius 3 is 2.39 bits per heavy atom. The van der Waals surface area contributed by atoms with Gasteiger partial charge in [-0.2, -0.15) is 0 Å². The maximum Gasteiger partial charge on any atom is 0.134 e. The standard InChI is InChI=1S/C31H35FO/c1-3-5-6-23-7-12-25(13-8-23)26-14-9-24(10-15-26)11-16-27-17-18-28-22-29(33-21-4-2)19-20-30(28)31(27)32/h3-4,9-10,14-15,17-20,22-23,25H,1-2,5-8,11-13,16,21H2. The molecular weight excluding hydrogens is 407 g/mol. The van der Waals surface area contributed by atoms with Gasteiger partial charge in [0, 0.05) is 5.39 Å². The summed E-state index contributed by atoms with van der Waals surface area (Å²) >= 11 is 0. The predicted molar refractivity (Wildman–Crippen MR) is 138 cm³/mol. The normalized spacial score (nSPS) is 18.2. The van der Waals surface area contributed by atoms with Crippen molar-refractivity contribution in [2.75, 3.05) is 6.61 Å². The highest BCUT2D eigenvalue weighted by Crippen LogP contribution is 2.37. The minimum absolute atomic E-state index is 0.118. The molecule has 3 aromatic rings. The fraction of sp³-hybridized carbons (Fsp3) is 0.355. The number of benzene rings is 3. The number of aryl methyl sites for hydroxylation is 2. The van der Waals surface area contributed by atoms with Crippen LogP contribution in [-0.2, 0) is 12.8 Å². The molecule has 0 atom stereocenters. The van der Waals surface area contributed by atoms with E-state index in [1.54, 1.807) is 6.08 Å². The lowest BCUT2D eigenvalue weighted by molar-refractivity contribution is 0.312. The maximum absolute atomic E-state index is 15.1. The minimum Gasteiger partial charge on any atom is -0.490 e. The van der Waals surface area contributed by atoms with E-state index in [0.717, 1.165) is 35.5 Å². The summed E-state index contributed by atoms with van der Waals surface area (Å²) in [5.74, 6) is 2.19. The van der Waals surface area contributed by atoms with Crippen LogP contribution in [0.15, 0.2) is 79.9 Å². The second-order valence-electron chi connectivity index (χ2n) is 9.35. The second kappa shape index (κ2) is 11.3. The molecule has 0 saturated heterocycles. The van der Waals surface area contributed by atoms with Gasteiger partial charge >= 0.3 is 0 Å². The first kappa shape index (κ1) is 23.3. The molecule has 4 rings (SSSR count). The van der Waals surface area contributed by atoms with Gasteiger partial charge in [-0.1, -0.05) is 55.1 Å². The van der Waals surface area contributed by atoms with Crippen molar-refractivity contribution in [3.05, 3.63) is 102 Å². The summed E-state index contributed by atoms with van der Waals surface area (Å²) in [5, 5.41) is 1.51. The Hall–Kier alpha value is -2.87. The molecule has 2 heteroatoms. The lowest BCUT2D eigenvalue weighted by atomic mass is 9.77. The van der Waals surface area contributed by atoms with E-state index in [1.165, 1.54) is 43.2 Å². The number of ether oxygens (including phenoxy) is 1. The average Bonchev–Trinajstić information content (AvgIpc) is 2.86. The van der Waals surface area contributed by atoms with E-state index in [4.69, 9.17) is 4.74 Å². The van der Waals surface area contributed by atoms with Crippen LogP contribution in [0, 0.1) is 11.7 Å². The van der Waals surface area contributed by atoms with Gasteiger partial charge in [0.1, 0.15) is 18.2 Å². The average molecular weight is 443 g/mol. The Kier molecular flexibility index (Phi) is 7.99. The SMILES string of the molecule is C=CCCC1CCC(c2ccc(CCc3ccc4cc(OCC=C)ccc4c3F)cc2)CC1. The highest BCUT2D eigenvalue weighted by atomic mass is 19.1. The molecule has 3 aromatic carbocycles. The van der Waals surface area contributed by atoms with Gasteiger partial charge in [-0.05, 0) is 103 Å². The first-order valence-electron chi connectivity index (χ1n) is 12.3. The summed E-state index contributed by atoms with van der Waals surface area (Å²) in [7, 11) is 0. The minimum atomic E-state index is -0.118. The fourth-order valence-electron chi connectivity index (χ4n) is 5.13. The first-order chi connectivity index (χ1) is 16.2. The van der Waals surface area contributed by atoms with Crippen LogP contribution in [0.5, 0.6) is 5.75 Å². The fourth-order valence-corrected chi connectivity index (χ4v) is 5.13. The van der Waals surface area contributed by atoms with Gasteiger partial charge < -0.3 is 4.74 Å². The third kappa shape index (κ3) is 5.93. The van der Waals surface area contributed by atoms with Crippen molar-refractivity contribution in [3.63, 3.8) is 0 Å². The summed E-state index contributed by atoms with van der Waals surface area (Å²) in [4.78, 5) is 0. The zero-order chi connectivity index (χ0) is 23.0. The molecule has 0 unspecified atom stereocenters. The molecule has 172 valence electrons. The van der Waals surface area contributed by atoms with E-state index in [2.05, 4.69) is 37.4 Å². The maximum atomic E-state index is 15.1. The number of hydrogen-bond donors (Lipinski definition) is 0. The highest BCUT2D eigenvalue weighted by Gasteiger charge is 2.21. The Morgan fingerprint density at radius 1 is 0.879 bits per heavy atom. The van der Waals surface area contributed by atoms with Crippen LogP contribution in [-0.4, -0.2) is 6.61 Å². The highest BCUT2D eigenvalue weighted by molar-refractivity contribution is 5.85. The van der Waals surface area contributed by atoms with Crippen molar-refractivity contribution >= 4 is 10.8 Å².